The Bertz CT molecular complexity index is 279. The maximum absolute atomic E-state index is 12.3. The number of carbonyl (C=O) groups excluding carboxylic acids is 1. The molecular formula is C9H11F3O3. The van der Waals surface area contributed by atoms with Crippen LogP contribution in [0.4, 0.5) is 13.2 Å². The van der Waals surface area contributed by atoms with Crippen molar-refractivity contribution >= 4 is 5.78 Å². The minimum atomic E-state index is -4.54. The van der Waals surface area contributed by atoms with E-state index in [9.17, 15) is 23.1 Å². The Morgan fingerprint density at radius 1 is 1.67 bits per heavy atom. The van der Waals surface area contributed by atoms with Crippen molar-refractivity contribution in [2.45, 2.75) is 31.2 Å². The molecule has 0 bridgehead atoms. The Hall–Kier alpha value is -0.880. The van der Waals surface area contributed by atoms with E-state index in [1.165, 1.54) is 13.0 Å². The van der Waals surface area contributed by atoms with Gasteiger partial charge in [0.15, 0.2) is 11.4 Å². The second-order valence-electron chi connectivity index (χ2n) is 3.40. The quantitative estimate of drug-likeness (QED) is 0.577. The maximum atomic E-state index is 12.3. The topological polar surface area (TPSA) is 49.8 Å². The third-order valence-corrected chi connectivity index (χ3v) is 2.19. The fraction of sp³-hybridized carbons (Fsp3) is 0.667. The van der Waals surface area contributed by atoms with Crippen LogP contribution in [0.1, 0.15) is 13.3 Å². The second-order valence-corrected chi connectivity index (χ2v) is 3.40. The summed E-state index contributed by atoms with van der Waals surface area (Å²) in [5.41, 5.74) is -2.32. The average molecular weight is 224 g/mol. The van der Waals surface area contributed by atoms with Gasteiger partial charge in [-0.25, -0.2) is 0 Å². The smallest absolute Gasteiger partial charge is 0.385 e. The van der Waals surface area contributed by atoms with Gasteiger partial charge in [-0.2, -0.15) is 13.2 Å². The summed E-state index contributed by atoms with van der Waals surface area (Å²) in [7, 11) is 0. The lowest BCUT2D eigenvalue weighted by molar-refractivity contribution is -0.190. The Morgan fingerprint density at radius 3 is 2.53 bits per heavy atom. The van der Waals surface area contributed by atoms with Gasteiger partial charge in [0.05, 0.1) is 6.61 Å². The summed E-state index contributed by atoms with van der Waals surface area (Å²) >= 11 is 0. The van der Waals surface area contributed by atoms with Crippen LogP contribution in [0.5, 0.6) is 0 Å². The number of allylic oxidation sites excluding steroid dienone is 1. The summed E-state index contributed by atoms with van der Waals surface area (Å²) in [6, 6.07) is 0. The highest BCUT2D eigenvalue weighted by molar-refractivity contribution is 5.93. The van der Waals surface area contributed by atoms with E-state index in [0.29, 0.717) is 0 Å². The number of halogens is 3. The zero-order valence-corrected chi connectivity index (χ0v) is 8.04. The minimum Gasteiger partial charge on any atom is -0.385 e. The molecule has 1 heterocycles. The lowest BCUT2D eigenvalue weighted by Gasteiger charge is -2.17. The van der Waals surface area contributed by atoms with E-state index >= 15 is 0 Å². The molecule has 0 aromatic rings. The van der Waals surface area contributed by atoms with Crippen molar-refractivity contribution in [1.82, 2.24) is 0 Å². The van der Waals surface area contributed by atoms with Crippen molar-refractivity contribution in [3.05, 3.63) is 12.2 Å². The van der Waals surface area contributed by atoms with E-state index in [4.69, 9.17) is 0 Å². The van der Waals surface area contributed by atoms with Crippen molar-refractivity contribution in [3.63, 3.8) is 0 Å². The second kappa shape index (κ2) is 3.94. The molecule has 1 saturated heterocycles. The van der Waals surface area contributed by atoms with Gasteiger partial charge in [0.1, 0.15) is 6.10 Å². The zero-order chi connectivity index (χ0) is 11.7. The highest BCUT2D eigenvalue weighted by Crippen LogP contribution is 2.46. The molecule has 1 aliphatic rings. The highest BCUT2D eigenvalue weighted by Gasteiger charge is 2.66. The molecule has 0 radical (unpaired) electrons. The van der Waals surface area contributed by atoms with Gasteiger partial charge < -0.3 is 9.84 Å². The number of carbonyl (C=O) groups is 1. The Labute approximate surface area is 84.5 Å². The first-order valence-electron chi connectivity index (χ1n) is 4.38. The molecule has 0 aromatic carbocycles. The van der Waals surface area contributed by atoms with Gasteiger partial charge in [-0.1, -0.05) is 6.08 Å². The first kappa shape index (κ1) is 12.2. The average Bonchev–Trinajstić information content (AvgIpc) is 2.84. The fourth-order valence-corrected chi connectivity index (χ4v) is 1.17. The molecule has 0 saturated carbocycles. The SMILES string of the molecule is CC=CC(=O)C(O)CC1(C(F)(F)F)CO1. The number of epoxide rings is 1. The molecule has 1 fully saturated rings. The van der Waals surface area contributed by atoms with Gasteiger partial charge >= 0.3 is 6.18 Å². The van der Waals surface area contributed by atoms with Gasteiger partial charge in [0, 0.05) is 6.42 Å². The molecule has 86 valence electrons. The number of hydrogen-bond acceptors (Lipinski definition) is 3. The van der Waals surface area contributed by atoms with Crippen LogP contribution in [0.15, 0.2) is 12.2 Å². The fourth-order valence-electron chi connectivity index (χ4n) is 1.17. The molecule has 0 spiro atoms. The number of ether oxygens (including phenoxy) is 1. The van der Waals surface area contributed by atoms with Gasteiger partial charge in [0.2, 0.25) is 0 Å². The van der Waals surface area contributed by atoms with Crippen molar-refractivity contribution in [2.24, 2.45) is 0 Å². The first-order chi connectivity index (χ1) is 6.82. The monoisotopic (exact) mass is 224 g/mol. The van der Waals surface area contributed by atoms with Crippen molar-refractivity contribution in [1.29, 1.82) is 0 Å². The number of alkyl halides is 3. The highest BCUT2D eigenvalue weighted by atomic mass is 19.4. The van der Waals surface area contributed by atoms with Crippen LogP contribution in [0.3, 0.4) is 0 Å². The molecule has 1 N–H and O–H groups in total. The van der Waals surface area contributed by atoms with E-state index in [0.717, 1.165) is 6.08 Å². The number of rotatable bonds is 4. The lowest BCUT2D eigenvalue weighted by atomic mass is 9.99. The summed E-state index contributed by atoms with van der Waals surface area (Å²) in [4.78, 5) is 11.0. The Kier molecular flexibility index (Phi) is 3.20. The molecule has 0 aromatic heterocycles. The molecule has 2 atom stereocenters. The number of ketones is 1. The molecule has 15 heavy (non-hydrogen) atoms. The van der Waals surface area contributed by atoms with E-state index in [1.54, 1.807) is 0 Å². The minimum absolute atomic E-state index is 0.489. The normalized spacial score (nSPS) is 28.1. The summed E-state index contributed by atoms with van der Waals surface area (Å²) < 4.78 is 41.3. The summed E-state index contributed by atoms with van der Waals surface area (Å²) in [5.74, 6) is -0.739. The molecular weight excluding hydrogens is 213 g/mol. The third-order valence-electron chi connectivity index (χ3n) is 2.19. The predicted molar refractivity (Wildman–Crippen MR) is 45.2 cm³/mol. The van der Waals surface area contributed by atoms with Crippen LogP contribution >= 0.6 is 0 Å². The third kappa shape index (κ3) is 2.57. The zero-order valence-electron chi connectivity index (χ0n) is 8.04. The molecule has 6 heteroatoms. The van der Waals surface area contributed by atoms with E-state index in [2.05, 4.69) is 4.74 Å². The summed E-state index contributed by atoms with van der Waals surface area (Å²) in [5, 5.41) is 9.21. The van der Waals surface area contributed by atoms with Gasteiger partial charge in [-0.3, -0.25) is 4.79 Å². The van der Waals surface area contributed by atoms with Crippen molar-refractivity contribution in [2.75, 3.05) is 6.61 Å². The molecule has 3 nitrogen and oxygen atoms in total. The largest absolute Gasteiger partial charge is 0.419 e. The summed E-state index contributed by atoms with van der Waals surface area (Å²) in [6.45, 7) is 1.05. The molecule has 2 unspecified atom stereocenters. The van der Waals surface area contributed by atoms with Gasteiger partial charge in [0.25, 0.3) is 0 Å². The lowest BCUT2D eigenvalue weighted by Crippen LogP contribution is -2.38. The van der Waals surface area contributed by atoms with E-state index in [-0.39, 0.29) is 0 Å². The van der Waals surface area contributed by atoms with Crippen LogP contribution < -0.4 is 0 Å². The van der Waals surface area contributed by atoms with Crippen LogP contribution in [0, 0.1) is 0 Å². The molecule has 0 aliphatic carbocycles. The van der Waals surface area contributed by atoms with Crippen molar-refractivity contribution < 1.29 is 27.8 Å². The molecule has 1 aliphatic heterocycles. The van der Waals surface area contributed by atoms with Gasteiger partial charge in [-0.15, -0.1) is 0 Å². The van der Waals surface area contributed by atoms with Crippen LogP contribution in [0.2, 0.25) is 0 Å². The van der Waals surface area contributed by atoms with Crippen LogP contribution in [0.25, 0.3) is 0 Å². The first-order valence-corrected chi connectivity index (χ1v) is 4.38. The van der Waals surface area contributed by atoms with E-state index < -0.39 is 36.7 Å². The maximum Gasteiger partial charge on any atom is 0.419 e. The van der Waals surface area contributed by atoms with Crippen LogP contribution in [-0.4, -0.2) is 35.4 Å². The Balaban J connectivity index is 2.59. The summed E-state index contributed by atoms with van der Waals surface area (Å²) in [6.07, 6.45) is -4.54. The molecule has 1 rings (SSSR count). The number of aliphatic hydroxyl groups is 1. The Morgan fingerprint density at radius 2 is 2.20 bits per heavy atom. The van der Waals surface area contributed by atoms with Crippen molar-refractivity contribution in [3.8, 4) is 0 Å². The standard InChI is InChI=1S/C9H11F3O3/c1-2-3-6(13)7(14)4-8(5-15-8)9(10,11)12/h2-3,7,14H,4-5H2,1H3. The number of aliphatic hydroxyl groups excluding tert-OH is 1. The van der Waals surface area contributed by atoms with Gasteiger partial charge in [-0.05, 0) is 13.0 Å². The predicted octanol–water partition coefficient (Wildman–Crippen LogP) is 1.21. The van der Waals surface area contributed by atoms with E-state index in [1.807, 2.05) is 0 Å². The molecule has 0 amide bonds. The van der Waals surface area contributed by atoms with Crippen LogP contribution in [-0.2, 0) is 9.53 Å². The number of hydrogen-bond donors (Lipinski definition) is 1.